The zero-order chi connectivity index (χ0) is 9.26. The zero-order valence-corrected chi connectivity index (χ0v) is 6.57. The number of aldehydes is 1. The molecule has 0 unspecified atom stereocenters. The highest BCUT2D eigenvalue weighted by molar-refractivity contribution is 5.84. The van der Waals surface area contributed by atoms with Gasteiger partial charge in [0.2, 0.25) is 0 Å². The Morgan fingerprint density at radius 2 is 2.00 bits per heavy atom. The molecule has 4 heteroatoms. The van der Waals surface area contributed by atoms with Gasteiger partial charge >= 0.3 is 0 Å². The maximum absolute atomic E-state index is 13.2. The maximum Gasteiger partial charge on any atom is 0.151 e. The van der Waals surface area contributed by atoms with Crippen LogP contribution in [0.4, 0.5) is 4.39 Å². The second-order valence-corrected chi connectivity index (χ2v) is 2.54. The van der Waals surface area contributed by atoms with E-state index in [-0.39, 0.29) is 11.1 Å². The SMILES string of the molecule is O=Cc1cc(F)c2nccnc2c1. The molecule has 1 aromatic carbocycles. The molecule has 0 atom stereocenters. The van der Waals surface area contributed by atoms with Gasteiger partial charge in [-0.3, -0.25) is 9.78 Å². The molecule has 0 aliphatic rings. The third kappa shape index (κ3) is 1.26. The third-order valence-corrected chi connectivity index (χ3v) is 1.69. The van der Waals surface area contributed by atoms with Crippen LogP contribution in [0.15, 0.2) is 24.5 Å². The molecule has 2 aromatic rings. The van der Waals surface area contributed by atoms with Gasteiger partial charge in [-0.05, 0) is 12.1 Å². The third-order valence-electron chi connectivity index (χ3n) is 1.69. The second-order valence-electron chi connectivity index (χ2n) is 2.54. The number of carbonyl (C=O) groups excluding carboxylic acids is 1. The minimum absolute atomic E-state index is 0.188. The summed E-state index contributed by atoms with van der Waals surface area (Å²) in [5.74, 6) is -0.521. The molecule has 0 amide bonds. The Labute approximate surface area is 73.2 Å². The monoisotopic (exact) mass is 176 g/mol. The Bertz CT molecular complexity index is 470. The van der Waals surface area contributed by atoms with Gasteiger partial charge in [-0.1, -0.05) is 0 Å². The lowest BCUT2D eigenvalue weighted by Gasteiger charge is -1.97. The van der Waals surface area contributed by atoms with Gasteiger partial charge < -0.3 is 0 Å². The van der Waals surface area contributed by atoms with Crippen LogP contribution in [0.25, 0.3) is 11.0 Å². The fourth-order valence-electron chi connectivity index (χ4n) is 1.12. The Morgan fingerprint density at radius 3 is 2.77 bits per heavy atom. The van der Waals surface area contributed by atoms with Gasteiger partial charge in [-0.2, -0.15) is 0 Å². The van der Waals surface area contributed by atoms with Gasteiger partial charge in [-0.25, -0.2) is 9.37 Å². The minimum atomic E-state index is -0.521. The predicted octanol–water partition coefficient (Wildman–Crippen LogP) is 1.58. The number of hydrogen-bond donors (Lipinski definition) is 0. The highest BCUT2D eigenvalue weighted by atomic mass is 19.1. The van der Waals surface area contributed by atoms with Crippen molar-refractivity contribution in [3.8, 4) is 0 Å². The quantitative estimate of drug-likeness (QED) is 0.619. The first-order chi connectivity index (χ1) is 6.31. The van der Waals surface area contributed by atoms with E-state index >= 15 is 0 Å². The molecule has 0 aliphatic heterocycles. The summed E-state index contributed by atoms with van der Waals surface area (Å²) in [5, 5.41) is 0. The normalized spacial score (nSPS) is 10.2. The molecule has 2 rings (SSSR count). The Balaban J connectivity index is 2.84. The first-order valence-corrected chi connectivity index (χ1v) is 3.67. The van der Waals surface area contributed by atoms with Crippen molar-refractivity contribution in [2.75, 3.05) is 0 Å². The molecular formula is C9H5FN2O. The molecule has 13 heavy (non-hydrogen) atoms. The summed E-state index contributed by atoms with van der Waals surface area (Å²) in [4.78, 5) is 18.1. The molecule has 0 spiro atoms. The average molecular weight is 176 g/mol. The highest BCUT2D eigenvalue weighted by Crippen LogP contribution is 2.14. The van der Waals surface area contributed by atoms with E-state index in [4.69, 9.17) is 0 Å². The van der Waals surface area contributed by atoms with Crippen LogP contribution >= 0.6 is 0 Å². The summed E-state index contributed by atoms with van der Waals surface area (Å²) >= 11 is 0. The van der Waals surface area contributed by atoms with Gasteiger partial charge in [0.25, 0.3) is 0 Å². The van der Waals surface area contributed by atoms with Crippen molar-refractivity contribution in [1.82, 2.24) is 9.97 Å². The van der Waals surface area contributed by atoms with Gasteiger partial charge in [0.05, 0.1) is 5.52 Å². The number of fused-ring (bicyclic) bond motifs is 1. The topological polar surface area (TPSA) is 42.9 Å². The van der Waals surface area contributed by atoms with Gasteiger partial charge in [0, 0.05) is 18.0 Å². The fraction of sp³-hybridized carbons (Fsp3) is 0. The minimum Gasteiger partial charge on any atom is -0.298 e. The second kappa shape index (κ2) is 2.90. The molecule has 1 heterocycles. The van der Waals surface area contributed by atoms with E-state index in [2.05, 4.69) is 9.97 Å². The lowest BCUT2D eigenvalue weighted by molar-refractivity contribution is 0.112. The fourth-order valence-corrected chi connectivity index (χ4v) is 1.12. The van der Waals surface area contributed by atoms with Crippen LogP contribution in [-0.4, -0.2) is 16.3 Å². The summed E-state index contributed by atoms with van der Waals surface area (Å²) in [6.07, 6.45) is 3.44. The molecule has 0 aliphatic carbocycles. The largest absolute Gasteiger partial charge is 0.298 e. The van der Waals surface area contributed by atoms with Crippen LogP contribution in [0.3, 0.4) is 0 Å². The van der Waals surface area contributed by atoms with Crippen molar-refractivity contribution in [2.45, 2.75) is 0 Å². The molecule has 0 bridgehead atoms. The maximum atomic E-state index is 13.2. The van der Waals surface area contributed by atoms with Crippen LogP contribution in [0.2, 0.25) is 0 Å². The summed E-state index contributed by atoms with van der Waals surface area (Å²) in [6.45, 7) is 0. The summed E-state index contributed by atoms with van der Waals surface area (Å²) in [5.41, 5.74) is 0.850. The van der Waals surface area contributed by atoms with E-state index in [0.717, 1.165) is 6.07 Å². The van der Waals surface area contributed by atoms with Gasteiger partial charge in [-0.15, -0.1) is 0 Å². The van der Waals surface area contributed by atoms with Gasteiger partial charge in [0.15, 0.2) is 5.82 Å². The molecule has 0 fully saturated rings. The molecule has 3 nitrogen and oxygen atoms in total. The smallest absolute Gasteiger partial charge is 0.151 e. The Morgan fingerprint density at radius 1 is 1.23 bits per heavy atom. The van der Waals surface area contributed by atoms with Crippen LogP contribution in [0.1, 0.15) is 10.4 Å². The zero-order valence-electron chi connectivity index (χ0n) is 6.57. The number of carbonyl (C=O) groups is 1. The highest BCUT2D eigenvalue weighted by Gasteiger charge is 2.04. The van der Waals surface area contributed by atoms with Crippen LogP contribution in [0.5, 0.6) is 0 Å². The summed E-state index contributed by atoms with van der Waals surface area (Å²) in [7, 11) is 0. The predicted molar refractivity (Wildman–Crippen MR) is 44.9 cm³/mol. The van der Waals surface area contributed by atoms with Crippen molar-refractivity contribution in [3.63, 3.8) is 0 Å². The number of aromatic nitrogens is 2. The van der Waals surface area contributed by atoms with Crippen molar-refractivity contribution >= 4 is 17.3 Å². The number of rotatable bonds is 1. The van der Waals surface area contributed by atoms with E-state index in [9.17, 15) is 9.18 Å². The van der Waals surface area contributed by atoms with E-state index in [1.54, 1.807) is 0 Å². The molecule has 0 saturated carbocycles. The molecule has 64 valence electrons. The number of halogens is 1. The van der Waals surface area contributed by atoms with Crippen LogP contribution in [0, 0.1) is 5.82 Å². The van der Waals surface area contributed by atoms with Crippen molar-refractivity contribution in [1.29, 1.82) is 0 Å². The lowest BCUT2D eigenvalue weighted by Crippen LogP contribution is -1.90. The summed E-state index contributed by atoms with van der Waals surface area (Å²) in [6, 6.07) is 2.64. The van der Waals surface area contributed by atoms with E-state index in [0.29, 0.717) is 11.8 Å². The van der Waals surface area contributed by atoms with Crippen molar-refractivity contribution in [2.24, 2.45) is 0 Å². The first-order valence-electron chi connectivity index (χ1n) is 3.67. The first kappa shape index (κ1) is 7.79. The van der Waals surface area contributed by atoms with E-state index < -0.39 is 5.82 Å². The van der Waals surface area contributed by atoms with Crippen LogP contribution in [-0.2, 0) is 0 Å². The van der Waals surface area contributed by atoms with Crippen LogP contribution < -0.4 is 0 Å². The standard InChI is InChI=1S/C9H5FN2O/c10-7-3-6(5-13)4-8-9(7)12-2-1-11-8/h1-5H. The number of benzene rings is 1. The Kier molecular flexibility index (Phi) is 1.73. The van der Waals surface area contributed by atoms with Crippen molar-refractivity contribution in [3.05, 3.63) is 35.9 Å². The van der Waals surface area contributed by atoms with Crippen molar-refractivity contribution < 1.29 is 9.18 Å². The molecule has 0 saturated heterocycles. The lowest BCUT2D eigenvalue weighted by atomic mass is 10.2. The summed E-state index contributed by atoms with van der Waals surface area (Å²) < 4.78 is 13.2. The number of hydrogen-bond acceptors (Lipinski definition) is 3. The number of nitrogens with zero attached hydrogens (tertiary/aromatic N) is 2. The average Bonchev–Trinajstić information content (AvgIpc) is 2.18. The molecule has 1 aromatic heterocycles. The molecule has 0 N–H and O–H groups in total. The molecule has 0 radical (unpaired) electrons. The van der Waals surface area contributed by atoms with E-state index in [1.165, 1.54) is 18.5 Å². The molecular weight excluding hydrogens is 171 g/mol. The Hall–Kier alpha value is -1.84. The van der Waals surface area contributed by atoms with E-state index in [1.807, 2.05) is 0 Å². The van der Waals surface area contributed by atoms with Gasteiger partial charge in [0.1, 0.15) is 11.8 Å².